The fourth-order valence-corrected chi connectivity index (χ4v) is 3.50. The van der Waals surface area contributed by atoms with Crippen molar-refractivity contribution < 1.29 is 9.47 Å². The SMILES string of the molecule is COc1cccc(-c2cnc([C@@H]3COCCN3Cc3cccc(C#N)c3)[nH]2)c1. The van der Waals surface area contributed by atoms with Crippen molar-refractivity contribution in [2.45, 2.75) is 12.6 Å². The van der Waals surface area contributed by atoms with Gasteiger partial charge in [0.05, 0.1) is 49.9 Å². The molecular formula is C22H22N4O2. The first-order valence-electron chi connectivity index (χ1n) is 9.27. The highest BCUT2D eigenvalue weighted by atomic mass is 16.5. The first-order chi connectivity index (χ1) is 13.8. The van der Waals surface area contributed by atoms with E-state index in [0.29, 0.717) is 18.8 Å². The van der Waals surface area contributed by atoms with E-state index in [0.717, 1.165) is 41.5 Å². The third-order valence-corrected chi connectivity index (χ3v) is 4.97. The average molecular weight is 374 g/mol. The third-order valence-electron chi connectivity index (χ3n) is 4.97. The molecule has 3 aromatic rings. The Morgan fingerprint density at radius 2 is 2.18 bits per heavy atom. The van der Waals surface area contributed by atoms with Crippen LogP contribution < -0.4 is 4.74 Å². The zero-order valence-corrected chi connectivity index (χ0v) is 15.8. The van der Waals surface area contributed by atoms with Crippen molar-refractivity contribution in [2.75, 3.05) is 26.9 Å². The number of methoxy groups -OCH3 is 1. The summed E-state index contributed by atoms with van der Waals surface area (Å²) in [6, 6.07) is 17.9. The maximum atomic E-state index is 9.14. The van der Waals surface area contributed by atoms with Crippen LogP contribution in [0.4, 0.5) is 0 Å². The van der Waals surface area contributed by atoms with Gasteiger partial charge >= 0.3 is 0 Å². The van der Waals surface area contributed by atoms with E-state index in [1.165, 1.54) is 0 Å². The summed E-state index contributed by atoms with van der Waals surface area (Å²) in [6.07, 6.45) is 1.85. The van der Waals surface area contributed by atoms with Crippen LogP contribution in [0.25, 0.3) is 11.3 Å². The largest absolute Gasteiger partial charge is 0.497 e. The van der Waals surface area contributed by atoms with Crippen LogP contribution >= 0.6 is 0 Å². The molecule has 4 rings (SSSR count). The number of imidazole rings is 1. The molecule has 2 aromatic carbocycles. The molecule has 0 spiro atoms. The molecule has 1 atom stereocenters. The number of aromatic nitrogens is 2. The zero-order valence-electron chi connectivity index (χ0n) is 15.8. The maximum Gasteiger partial charge on any atom is 0.126 e. The second-order valence-corrected chi connectivity index (χ2v) is 6.79. The Morgan fingerprint density at radius 1 is 1.29 bits per heavy atom. The topological polar surface area (TPSA) is 74.2 Å². The molecule has 0 radical (unpaired) electrons. The molecule has 1 fully saturated rings. The fraction of sp³-hybridized carbons (Fsp3) is 0.273. The predicted octanol–water partition coefficient (Wildman–Crippen LogP) is 3.53. The van der Waals surface area contributed by atoms with E-state index in [2.05, 4.69) is 27.0 Å². The van der Waals surface area contributed by atoms with Crippen LogP contribution in [0.15, 0.2) is 54.7 Å². The first kappa shape index (κ1) is 18.2. The molecule has 28 heavy (non-hydrogen) atoms. The van der Waals surface area contributed by atoms with E-state index < -0.39 is 0 Å². The molecule has 1 saturated heterocycles. The van der Waals surface area contributed by atoms with E-state index in [9.17, 15) is 0 Å². The first-order valence-corrected chi connectivity index (χ1v) is 9.27. The number of ether oxygens (including phenoxy) is 2. The number of H-pyrrole nitrogens is 1. The van der Waals surface area contributed by atoms with Gasteiger partial charge in [-0.1, -0.05) is 24.3 Å². The number of nitrogens with one attached hydrogen (secondary N) is 1. The zero-order chi connectivity index (χ0) is 19.3. The van der Waals surface area contributed by atoms with Crippen LogP contribution in [-0.4, -0.2) is 41.7 Å². The molecule has 6 nitrogen and oxygen atoms in total. The molecule has 1 aromatic heterocycles. The van der Waals surface area contributed by atoms with Gasteiger partial charge in [0.2, 0.25) is 0 Å². The van der Waals surface area contributed by atoms with Crippen LogP contribution in [0, 0.1) is 11.3 Å². The molecule has 1 aliphatic heterocycles. The molecule has 6 heteroatoms. The van der Waals surface area contributed by atoms with Crippen LogP contribution in [0.3, 0.4) is 0 Å². The minimum atomic E-state index is 0.0406. The number of hydrogen-bond donors (Lipinski definition) is 1. The van der Waals surface area contributed by atoms with Gasteiger partial charge < -0.3 is 14.5 Å². The molecular weight excluding hydrogens is 352 g/mol. The molecule has 1 N–H and O–H groups in total. The third kappa shape index (κ3) is 3.91. The Kier molecular flexibility index (Phi) is 5.38. The summed E-state index contributed by atoms with van der Waals surface area (Å²) in [5.74, 6) is 1.70. The minimum Gasteiger partial charge on any atom is -0.497 e. The smallest absolute Gasteiger partial charge is 0.126 e. The average Bonchev–Trinajstić information content (AvgIpc) is 3.24. The summed E-state index contributed by atoms with van der Waals surface area (Å²) in [5.41, 5.74) is 3.78. The lowest BCUT2D eigenvalue weighted by Gasteiger charge is -2.34. The van der Waals surface area contributed by atoms with Gasteiger partial charge in [-0.3, -0.25) is 4.90 Å². The molecule has 0 unspecified atom stereocenters. The van der Waals surface area contributed by atoms with Gasteiger partial charge in [0.15, 0.2) is 0 Å². The number of aromatic amines is 1. The van der Waals surface area contributed by atoms with E-state index in [1.54, 1.807) is 7.11 Å². The number of benzene rings is 2. The van der Waals surface area contributed by atoms with E-state index in [1.807, 2.05) is 48.7 Å². The van der Waals surface area contributed by atoms with Gasteiger partial charge in [0, 0.05) is 18.7 Å². The molecule has 142 valence electrons. The summed E-state index contributed by atoms with van der Waals surface area (Å²) in [6.45, 7) is 2.84. The molecule has 0 bridgehead atoms. The minimum absolute atomic E-state index is 0.0406. The maximum absolute atomic E-state index is 9.14. The van der Waals surface area contributed by atoms with Crippen LogP contribution in [-0.2, 0) is 11.3 Å². The van der Waals surface area contributed by atoms with Crippen LogP contribution in [0.1, 0.15) is 23.0 Å². The van der Waals surface area contributed by atoms with E-state index in [4.69, 9.17) is 14.7 Å². The molecule has 1 aliphatic rings. The monoisotopic (exact) mass is 374 g/mol. The van der Waals surface area contributed by atoms with Gasteiger partial charge in [-0.05, 0) is 29.8 Å². The summed E-state index contributed by atoms with van der Waals surface area (Å²) >= 11 is 0. The normalized spacial score (nSPS) is 17.2. The second kappa shape index (κ2) is 8.26. The van der Waals surface area contributed by atoms with Crippen LogP contribution in [0.2, 0.25) is 0 Å². The number of hydrogen-bond acceptors (Lipinski definition) is 5. The highest BCUT2D eigenvalue weighted by Crippen LogP contribution is 2.28. The van der Waals surface area contributed by atoms with E-state index in [-0.39, 0.29) is 6.04 Å². The van der Waals surface area contributed by atoms with Gasteiger partial charge in [-0.15, -0.1) is 0 Å². The quantitative estimate of drug-likeness (QED) is 0.739. The number of nitrogens with zero attached hydrogens (tertiary/aromatic N) is 3. The molecule has 2 heterocycles. The molecule has 0 amide bonds. The number of nitriles is 1. The lowest BCUT2D eigenvalue weighted by Crippen LogP contribution is -2.39. The Bertz CT molecular complexity index is 992. The molecule has 0 aliphatic carbocycles. The van der Waals surface area contributed by atoms with Crippen molar-refractivity contribution in [3.63, 3.8) is 0 Å². The summed E-state index contributed by atoms with van der Waals surface area (Å²) in [7, 11) is 1.66. The van der Waals surface area contributed by atoms with Crippen molar-refractivity contribution in [3.8, 4) is 23.1 Å². The van der Waals surface area contributed by atoms with Crippen molar-refractivity contribution in [1.82, 2.24) is 14.9 Å². The Labute approximate surface area is 164 Å². The lowest BCUT2D eigenvalue weighted by atomic mass is 10.1. The standard InChI is InChI=1S/C22H22N4O2/c1-27-19-7-3-6-18(11-19)20-13-24-22(25-20)21-15-28-9-8-26(21)14-17-5-2-4-16(10-17)12-23/h2-7,10-11,13,21H,8-9,14-15H2,1H3,(H,24,25)/t21-/m0/s1. The predicted molar refractivity (Wildman–Crippen MR) is 106 cm³/mol. The van der Waals surface area contributed by atoms with Gasteiger partial charge in [-0.2, -0.15) is 5.26 Å². The van der Waals surface area contributed by atoms with Gasteiger partial charge in [0.25, 0.3) is 0 Å². The lowest BCUT2D eigenvalue weighted by molar-refractivity contribution is -0.0156. The van der Waals surface area contributed by atoms with Crippen molar-refractivity contribution in [2.24, 2.45) is 0 Å². The molecule has 0 saturated carbocycles. The van der Waals surface area contributed by atoms with E-state index >= 15 is 0 Å². The number of rotatable bonds is 5. The van der Waals surface area contributed by atoms with Gasteiger partial charge in [0.1, 0.15) is 11.6 Å². The second-order valence-electron chi connectivity index (χ2n) is 6.79. The van der Waals surface area contributed by atoms with Gasteiger partial charge in [-0.25, -0.2) is 4.98 Å². The Morgan fingerprint density at radius 3 is 3.04 bits per heavy atom. The summed E-state index contributed by atoms with van der Waals surface area (Å²) in [5, 5.41) is 9.14. The fourth-order valence-electron chi connectivity index (χ4n) is 3.50. The van der Waals surface area contributed by atoms with Crippen molar-refractivity contribution in [3.05, 3.63) is 71.7 Å². The Balaban J connectivity index is 1.56. The summed E-state index contributed by atoms with van der Waals surface area (Å²) < 4.78 is 11.0. The van der Waals surface area contributed by atoms with Crippen LogP contribution in [0.5, 0.6) is 5.75 Å². The van der Waals surface area contributed by atoms with Crippen molar-refractivity contribution >= 4 is 0 Å². The highest BCUT2D eigenvalue weighted by Gasteiger charge is 2.27. The Hall–Kier alpha value is -3.14. The highest BCUT2D eigenvalue weighted by molar-refractivity contribution is 5.60. The number of morpholine rings is 1. The van der Waals surface area contributed by atoms with Crippen molar-refractivity contribution in [1.29, 1.82) is 5.26 Å². The summed E-state index contributed by atoms with van der Waals surface area (Å²) in [4.78, 5) is 10.4.